The number of fused-ring (bicyclic) bond motifs is 1. The van der Waals surface area contributed by atoms with Crippen molar-refractivity contribution in [3.05, 3.63) is 42.1 Å². The van der Waals surface area contributed by atoms with E-state index < -0.39 is 0 Å². The Kier molecular flexibility index (Phi) is 3.89. The third-order valence-corrected chi connectivity index (χ3v) is 2.76. The highest BCUT2D eigenvalue weighted by Crippen LogP contribution is 2.15. The van der Waals surface area contributed by atoms with Gasteiger partial charge in [-0.2, -0.15) is 0 Å². The fraction of sp³-hybridized carbons (Fsp3) is 0.286. The molecular weight excluding hydrogens is 226 g/mol. The van der Waals surface area contributed by atoms with Crippen molar-refractivity contribution in [1.82, 2.24) is 10.3 Å². The molecule has 1 amide bonds. The third-order valence-electron chi connectivity index (χ3n) is 2.76. The van der Waals surface area contributed by atoms with E-state index in [1.54, 1.807) is 12.3 Å². The van der Waals surface area contributed by atoms with Crippen LogP contribution >= 0.6 is 0 Å². The Bertz CT molecular complexity index is 546. The van der Waals surface area contributed by atoms with E-state index in [1.165, 1.54) is 0 Å². The Morgan fingerprint density at radius 1 is 1.39 bits per heavy atom. The van der Waals surface area contributed by atoms with Gasteiger partial charge in [0.25, 0.3) is 5.91 Å². The van der Waals surface area contributed by atoms with Crippen LogP contribution in [0.15, 0.2) is 36.5 Å². The normalized spacial score (nSPS) is 12.3. The second kappa shape index (κ2) is 5.60. The maximum Gasteiger partial charge on any atom is 0.253 e. The van der Waals surface area contributed by atoms with Gasteiger partial charge in [-0.15, -0.1) is 0 Å². The number of rotatable bonds is 4. The van der Waals surface area contributed by atoms with Crippen LogP contribution in [0.25, 0.3) is 10.9 Å². The van der Waals surface area contributed by atoms with E-state index in [0.29, 0.717) is 12.1 Å². The first-order valence-corrected chi connectivity index (χ1v) is 6.06. The van der Waals surface area contributed by atoms with Crippen LogP contribution in [0.1, 0.15) is 23.7 Å². The van der Waals surface area contributed by atoms with Gasteiger partial charge >= 0.3 is 0 Å². The van der Waals surface area contributed by atoms with Crippen molar-refractivity contribution in [2.75, 3.05) is 6.54 Å². The third kappa shape index (κ3) is 2.84. The zero-order chi connectivity index (χ0) is 13.0. The van der Waals surface area contributed by atoms with Crippen molar-refractivity contribution < 1.29 is 4.79 Å². The number of pyridine rings is 1. The summed E-state index contributed by atoms with van der Waals surface area (Å²) in [4.78, 5) is 16.3. The summed E-state index contributed by atoms with van der Waals surface area (Å²) >= 11 is 0. The molecule has 0 saturated carbocycles. The highest BCUT2D eigenvalue weighted by Gasteiger charge is 2.10. The second-order valence-electron chi connectivity index (χ2n) is 4.40. The molecule has 0 aliphatic heterocycles. The van der Waals surface area contributed by atoms with Crippen molar-refractivity contribution in [3.63, 3.8) is 0 Å². The van der Waals surface area contributed by atoms with Gasteiger partial charge in [0.2, 0.25) is 0 Å². The minimum absolute atomic E-state index is 0.0935. The van der Waals surface area contributed by atoms with Crippen LogP contribution in [0.3, 0.4) is 0 Å². The fourth-order valence-electron chi connectivity index (χ4n) is 1.80. The van der Waals surface area contributed by atoms with Crippen molar-refractivity contribution in [3.8, 4) is 0 Å². The summed E-state index contributed by atoms with van der Waals surface area (Å²) in [5, 5.41) is 3.83. The first kappa shape index (κ1) is 12.5. The number of aromatic nitrogens is 1. The number of carbonyl (C=O) groups excluding carboxylic acids is 1. The van der Waals surface area contributed by atoms with Crippen LogP contribution in [0, 0.1) is 0 Å². The molecule has 0 aliphatic rings. The summed E-state index contributed by atoms with van der Waals surface area (Å²) < 4.78 is 0. The molecule has 0 saturated heterocycles. The van der Waals surface area contributed by atoms with Crippen LogP contribution < -0.4 is 11.1 Å². The molecule has 0 aliphatic carbocycles. The Labute approximate surface area is 106 Å². The van der Waals surface area contributed by atoms with E-state index in [4.69, 9.17) is 5.73 Å². The predicted octanol–water partition coefficient (Wildman–Crippen LogP) is 1.70. The number of nitrogens with zero attached hydrogens (tertiary/aromatic N) is 1. The number of nitrogens with two attached hydrogens (primary N) is 1. The molecule has 94 valence electrons. The molecule has 2 aromatic rings. The number of carbonyl (C=O) groups is 1. The summed E-state index contributed by atoms with van der Waals surface area (Å²) in [5.74, 6) is -0.0973. The van der Waals surface area contributed by atoms with Crippen LogP contribution in [0.4, 0.5) is 0 Å². The van der Waals surface area contributed by atoms with Crippen LogP contribution in [-0.4, -0.2) is 23.5 Å². The molecule has 4 nitrogen and oxygen atoms in total. The molecule has 4 heteroatoms. The number of hydrogen-bond acceptors (Lipinski definition) is 3. The van der Waals surface area contributed by atoms with Gasteiger partial charge in [0, 0.05) is 24.2 Å². The zero-order valence-corrected chi connectivity index (χ0v) is 10.4. The van der Waals surface area contributed by atoms with Crippen molar-refractivity contribution in [2.45, 2.75) is 19.4 Å². The minimum atomic E-state index is -0.0973. The summed E-state index contributed by atoms with van der Waals surface area (Å²) in [6.07, 6.45) is 2.46. The Hall–Kier alpha value is -1.94. The average molecular weight is 243 g/mol. The number of amides is 1. The SMILES string of the molecule is CC(N)CCNC(=O)c1cccc2cccnc12. The summed E-state index contributed by atoms with van der Waals surface area (Å²) in [6, 6.07) is 9.50. The summed E-state index contributed by atoms with van der Waals surface area (Å²) in [5.41, 5.74) is 6.99. The molecule has 1 aromatic heterocycles. The highest BCUT2D eigenvalue weighted by molar-refractivity contribution is 6.05. The van der Waals surface area contributed by atoms with Gasteiger partial charge < -0.3 is 11.1 Å². The van der Waals surface area contributed by atoms with Crippen LogP contribution in [0.5, 0.6) is 0 Å². The monoisotopic (exact) mass is 243 g/mol. The van der Waals surface area contributed by atoms with Gasteiger partial charge in [-0.1, -0.05) is 18.2 Å². The Morgan fingerprint density at radius 3 is 2.94 bits per heavy atom. The second-order valence-corrected chi connectivity index (χ2v) is 4.40. The zero-order valence-electron chi connectivity index (χ0n) is 10.4. The molecule has 2 rings (SSSR count). The van der Waals surface area contributed by atoms with E-state index in [1.807, 2.05) is 31.2 Å². The number of benzene rings is 1. The molecule has 1 unspecified atom stereocenters. The highest BCUT2D eigenvalue weighted by atomic mass is 16.1. The predicted molar refractivity (Wildman–Crippen MR) is 72.3 cm³/mol. The molecule has 1 heterocycles. The molecular formula is C14H17N3O. The number of para-hydroxylation sites is 1. The molecule has 0 fully saturated rings. The van der Waals surface area contributed by atoms with Crippen LogP contribution in [-0.2, 0) is 0 Å². The maximum absolute atomic E-state index is 12.0. The standard InChI is InChI=1S/C14H17N3O/c1-10(15)7-9-17-14(18)12-6-2-4-11-5-3-8-16-13(11)12/h2-6,8,10H,7,9,15H2,1H3,(H,17,18). The lowest BCUT2D eigenvalue weighted by atomic mass is 10.1. The van der Waals surface area contributed by atoms with Gasteiger partial charge in [-0.25, -0.2) is 0 Å². The lowest BCUT2D eigenvalue weighted by Crippen LogP contribution is -2.29. The van der Waals surface area contributed by atoms with Gasteiger partial charge in [0.05, 0.1) is 11.1 Å². The van der Waals surface area contributed by atoms with Crippen LogP contribution in [0.2, 0.25) is 0 Å². The van der Waals surface area contributed by atoms with E-state index in [0.717, 1.165) is 17.3 Å². The largest absolute Gasteiger partial charge is 0.352 e. The van der Waals surface area contributed by atoms with Crippen molar-refractivity contribution >= 4 is 16.8 Å². The molecule has 18 heavy (non-hydrogen) atoms. The molecule has 0 radical (unpaired) electrons. The average Bonchev–Trinajstić information content (AvgIpc) is 2.37. The molecule has 1 aromatic carbocycles. The smallest absolute Gasteiger partial charge is 0.253 e. The van der Waals surface area contributed by atoms with Crippen molar-refractivity contribution in [1.29, 1.82) is 0 Å². The van der Waals surface area contributed by atoms with Crippen molar-refractivity contribution in [2.24, 2.45) is 5.73 Å². The van der Waals surface area contributed by atoms with Gasteiger partial charge in [-0.3, -0.25) is 9.78 Å². The van der Waals surface area contributed by atoms with Gasteiger partial charge in [0.15, 0.2) is 0 Å². The fourth-order valence-corrected chi connectivity index (χ4v) is 1.80. The number of nitrogens with one attached hydrogen (secondary N) is 1. The van der Waals surface area contributed by atoms with Gasteiger partial charge in [-0.05, 0) is 25.5 Å². The Balaban J connectivity index is 2.17. The van der Waals surface area contributed by atoms with E-state index in [2.05, 4.69) is 10.3 Å². The van der Waals surface area contributed by atoms with E-state index >= 15 is 0 Å². The minimum Gasteiger partial charge on any atom is -0.352 e. The first-order valence-electron chi connectivity index (χ1n) is 6.06. The summed E-state index contributed by atoms with van der Waals surface area (Å²) in [7, 11) is 0. The molecule has 0 spiro atoms. The lowest BCUT2D eigenvalue weighted by molar-refractivity contribution is 0.0954. The number of hydrogen-bond donors (Lipinski definition) is 2. The Morgan fingerprint density at radius 2 is 2.17 bits per heavy atom. The molecule has 3 N–H and O–H groups in total. The lowest BCUT2D eigenvalue weighted by Gasteiger charge is -2.08. The first-order chi connectivity index (χ1) is 8.68. The summed E-state index contributed by atoms with van der Waals surface area (Å²) in [6.45, 7) is 2.51. The van der Waals surface area contributed by atoms with E-state index in [-0.39, 0.29) is 11.9 Å². The maximum atomic E-state index is 12.0. The van der Waals surface area contributed by atoms with E-state index in [9.17, 15) is 4.79 Å². The molecule has 0 bridgehead atoms. The quantitative estimate of drug-likeness (QED) is 0.858. The van der Waals surface area contributed by atoms with Gasteiger partial charge in [0.1, 0.15) is 0 Å². The molecule has 1 atom stereocenters. The topological polar surface area (TPSA) is 68.0 Å².